The first kappa shape index (κ1) is 29.8. The summed E-state index contributed by atoms with van der Waals surface area (Å²) in [6.07, 6.45) is 10.5. The molecule has 2 aromatic heterocycles. The van der Waals surface area contributed by atoms with Crippen LogP contribution in [0.1, 0.15) is 50.2 Å². The molecule has 0 aliphatic carbocycles. The molecule has 4 aromatic rings. The number of aromatic nitrogens is 2. The number of anilines is 1. The zero-order valence-corrected chi connectivity index (χ0v) is 25.2. The number of halogens is 2. The largest absolute Gasteiger partial charge is 0.508 e. The highest BCUT2D eigenvalue weighted by molar-refractivity contribution is 6.03. The number of piperidine rings is 1. The number of terminal acetylenes is 1. The van der Waals surface area contributed by atoms with Crippen LogP contribution in [0.15, 0.2) is 33.5 Å². The number of nitrogens with zero attached hydrogens (tertiary/aromatic N) is 4. The van der Waals surface area contributed by atoms with E-state index < -0.39 is 17.6 Å². The highest BCUT2D eigenvalue weighted by Gasteiger charge is 2.34. The number of aromatic hydroxyl groups is 1. The molecule has 0 saturated carbocycles. The number of phenolic OH excluding ortho intramolecular Hbond substituents is 1. The molecule has 3 unspecified atom stereocenters. The minimum atomic E-state index is -0.633. The van der Waals surface area contributed by atoms with Crippen molar-refractivity contribution in [2.24, 2.45) is 5.92 Å². The van der Waals surface area contributed by atoms with Crippen LogP contribution < -0.4 is 15.3 Å². The first-order valence-corrected chi connectivity index (χ1v) is 15.1. The van der Waals surface area contributed by atoms with E-state index in [1.54, 1.807) is 6.92 Å². The van der Waals surface area contributed by atoms with E-state index in [9.17, 15) is 18.7 Å². The van der Waals surface area contributed by atoms with E-state index >= 15 is 0 Å². The number of benzene rings is 2. The molecule has 3 saturated heterocycles. The maximum Gasteiger partial charge on any atom is 0.349 e. The van der Waals surface area contributed by atoms with Gasteiger partial charge in [0, 0.05) is 42.2 Å². The fourth-order valence-electron chi connectivity index (χ4n) is 6.95. The SMILES string of the molecule is C#Cc1c(F)ccc2cc(O)cc(-c3oc(=O)c4c(N5CCCC(C)C5)nc(OC)nc4c3C)c12.FC1CC2CCCN2C1. The number of phenols is 1. The fourth-order valence-corrected chi connectivity index (χ4v) is 6.95. The number of methoxy groups -OCH3 is 1. The Morgan fingerprint density at radius 2 is 1.93 bits per heavy atom. The van der Waals surface area contributed by atoms with Crippen LogP contribution in [-0.4, -0.2) is 65.5 Å². The van der Waals surface area contributed by atoms with E-state index in [0.717, 1.165) is 38.9 Å². The second-order valence-corrected chi connectivity index (χ2v) is 12.1. The molecular weight excluding hydrogens is 566 g/mol. The Kier molecular flexibility index (Phi) is 8.16. The van der Waals surface area contributed by atoms with E-state index in [4.69, 9.17) is 15.6 Å². The highest BCUT2D eigenvalue weighted by atomic mass is 19.1. The van der Waals surface area contributed by atoms with Crippen molar-refractivity contribution in [2.45, 2.75) is 58.2 Å². The van der Waals surface area contributed by atoms with Crippen molar-refractivity contribution in [1.82, 2.24) is 14.9 Å². The lowest BCUT2D eigenvalue weighted by molar-refractivity contribution is 0.292. The molecule has 1 N–H and O–H groups in total. The summed E-state index contributed by atoms with van der Waals surface area (Å²) in [5.74, 6) is 2.78. The van der Waals surface area contributed by atoms with Gasteiger partial charge in [0.2, 0.25) is 0 Å². The third kappa shape index (κ3) is 5.45. The Morgan fingerprint density at radius 3 is 2.66 bits per heavy atom. The minimum absolute atomic E-state index is 0.0166. The molecule has 3 aliphatic heterocycles. The van der Waals surface area contributed by atoms with E-state index in [-0.39, 0.29) is 28.5 Å². The van der Waals surface area contributed by atoms with Gasteiger partial charge in [0.05, 0.1) is 18.2 Å². The highest BCUT2D eigenvalue weighted by Crippen LogP contribution is 2.39. The number of hydrogen-bond acceptors (Lipinski definition) is 8. The van der Waals surface area contributed by atoms with Crippen LogP contribution in [0.25, 0.3) is 33.0 Å². The van der Waals surface area contributed by atoms with Gasteiger partial charge in [-0.05, 0) is 75.1 Å². The number of aryl methyl sites for hydroxylation is 1. The molecule has 7 rings (SSSR count). The second-order valence-electron chi connectivity index (χ2n) is 12.1. The number of hydrogen-bond donors (Lipinski definition) is 1. The fraction of sp³-hybridized carbons (Fsp3) is 0.441. The Hall–Kier alpha value is -4.23. The molecule has 0 spiro atoms. The average molecular weight is 603 g/mol. The third-order valence-corrected chi connectivity index (χ3v) is 9.00. The molecule has 0 bridgehead atoms. The summed E-state index contributed by atoms with van der Waals surface area (Å²) in [4.78, 5) is 26.7. The van der Waals surface area contributed by atoms with Crippen LogP contribution in [0.4, 0.5) is 14.6 Å². The number of rotatable bonds is 3. The lowest BCUT2D eigenvalue weighted by Gasteiger charge is -2.32. The molecule has 3 fully saturated rings. The second kappa shape index (κ2) is 12.0. The summed E-state index contributed by atoms with van der Waals surface area (Å²) in [5.41, 5.74) is 0.571. The van der Waals surface area contributed by atoms with Crippen LogP contribution in [0, 0.1) is 31.0 Å². The van der Waals surface area contributed by atoms with Crippen LogP contribution in [0.5, 0.6) is 11.8 Å². The smallest absolute Gasteiger partial charge is 0.349 e. The normalized spacial score (nSPS) is 21.6. The molecule has 0 radical (unpaired) electrons. The van der Waals surface area contributed by atoms with Gasteiger partial charge in [0.25, 0.3) is 0 Å². The molecule has 5 heterocycles. The van der Waals surface area contributed by atoms with Gasteiger partial charge in [-0.3, -0.25) is 4.90 Å². The summed E-state index contributed by atoms with van der Waals surface area (Å²) < 4.78 is 38.4. The molecule has 3 atom stereocenters. The molecule has 2 aromatic carbocycles. The maximum absolute atomic E-state index is 14.6. The molecule has 10 heteroatoms. The first-order valence-electron chi connectivity index (χ1n) is 15.1. The van der Waals surface area contributed by atoms with Gasteiger partial charge in [-0.2, -0.15) is 9.97 Å². The molecule has 0 amide bonds. The third-order valence-electron chi connectivity index (χ3n) is 9.00. The van der Waals surface area contributed by atoms with Crippen LogP contribution in [0.3, 0.4) is 0 Å². The van der Waals surface area contributed by atoms with Gasteiger partial charge >= 0.3 is 11.6 Å². The van der Waals surface area contributed by atoms with Crippen molar-refractivity contribution in [2.75, 3.05) is 38.2 Å². The number of ether oxygens (including phenoxy) is 1. The summed E-state index contributed by atoms with van der Waals surface area (Å²) >= 11 is 0. The maximum atomic E-state index is 14.6. The van der Waals surface area contributed by atoms with Gasteiger partial charge in [-0.15, -0.1) is 6.42 Å². The predicted molar refractivity (Wildman–Crippen MR) is 167 cm³/mol. The van der Waals surface area contributed by atoms with E-state index in [1.165, 1.54) is 44.2 Å². The van der Waals surface area contributed by atoms with Gasteiger partial charge in [0.1, 0.15) is 28.9 Å². The van der Waals surface area contributed by atoms with Crippen molar-refractivity contribution in [3.05, 3.63) is 51.6 Å². The molecule has 44 heavy (non-hydrogen) atoms. The molecule has 8 nitrogen and oxygen atoms in total. The number of fused-ring (bicyclic) bond motifs is 3. The Morgan fingerprint density at radius 1 is 1.14 bits per heavy atom. The zero-order valence-electron chi connectivity index (χ0n) is 25.2. The monoisotopic (exact) mass is 602 g/mol. The Labute approximate surface area is 254 Å². The quantitative estimate of drug-likeness (QED) is 0.287. The van der Waals surface area contributed by atoms with Gasteiger partial charge in [-0.1, -0.05) is 18.9 Å². The Balaban J connectivity index is 0.000000323. The zero-order chi connectivity index (χ0) is 31.1. The summed E-state index contributed by atoms with van der Waals surface area (Å²) in [5, 5.41) is 11.5. The van der Waals surface area contributed by atoms with Gasteiger partial charge in [0.15, 0.2) is 5.82 Å². The van der Waals surface area contributed by atoms with Crippen molar-refractivity contribution >= 4 is 27.5 Å². The molecule has 3 aliphatic rings. The molecular formula is C34H36F2N4O4. The average Bonchev–Trinajstić information content (AvgIpc) is 3.59. The van der Waals surface area contributed by atoms with Crippen molar-refractivity contribution < 1.29 is 23.0 Å². The van der Waals surface area contributed by atoms with Crippen LogP contribution in [0.2, 0.25) is 0 Å². The van der Waals surface area contributed by atoms with Crippen molar-refractivity contribution in [1.29, 1.82) is 0 Å². The minimum Gasteiger partial charge on any atom is -0.508 e. The van der Waals surface area contributed by atoms with E-state index in [2.05, 4.69) is 32.6 Å². The van der Waals surface area contributed by atoms with Crippen LogP contribution in [-0.2, 0) is 0 Å². The van der Waals surface area contributed by atoms with E-state index in [1.807, 2.05) is 0 Å². The first-order chi connectivity index (χ1) is 21.2. The topological polar surface area (TPSA) is 91.9 Å². The molecule has 230 valence electrons. The van der Waals surface area contributed by atoms with Gasteiger partial charge < -0.3 is 19.2 Å². The lowest BCUT2D eigenvalue weighted by Crippen LogP contribution is -2.35. The standard InChI is InChI=1S/C27H24FN3O4.C7H12FN/c1-5-18-20(28)9-8-16-11-17(32)12-19(21(16)18)24-15(3)23-22(26(33)35-24)25(30-27(29-23)34-4)31-10-6-7-14(2)13-31;8-6-4-7-2-1-3-9(7)5-6/h1,8-9,11-12,14,32H,6-7,10,13H2,2-4H3;6-7H,1-5H2. The van der Waals surface area contributed by atoms with E-state index in [0.29, 0.717) is 51.7 Å². The predicted octanol–water partition coefficient (Wildman–Crippen LogP) is 5.98. The van der Waals surface area contributed by atoms with Crippen molar-refractivity contribution in [3.63, 3.8) is 0 Å². The van der Waals surface area contributed by atoms with Gasteiger partial charge in [-0.25, -0.2) is 13.6 Å². The summed E-state index contributed by atoms with van der Waals surface area (Å²) in [7, 11) is 1.47. The summed E-state index contributed by atoms with van der Waals surface area (Å²) in [6.45, 7) is 7.27. The summed E-state index contributed by atoms with van der Waals surface area (Å²) in [6, 6.07) is 6.39. The number of alkyl halides is 1. The van der Waals surface area contributed by atoms with Crippen molar-refractivity contribution in [3.8, 4) is 35.4 Å². The Bertz CT molecular complexity index is 1820. The lowest BCUT2D eigenvalue weighted by atomic mass is 9.95. The van der Waals surface area contributed by atoms with Crippen LogP contribution >= 0.6 is 0 Å².